The van der Waals surface area contributed by atoms with Crippen LogP contribution in [0.3, 0.4) is 0 Å². The molecule has 6 nitrogen and oxygen atoms in total. The van der Waals surface area contributed by atoms with Gasteiger partial charge in [-0.3, -0.25) is 14.6 Å². The summed E-state index contributed by atoms with van der Waals surface area (Å²) in [5.74, 6) is 1.11. The van der Waals surface area contributed by atoms with E-state index < -0.39 is 0 Å². The van der Waals surface area contributed by atoms with Crippen molar-refractivity contribution < 1.29 is 14.0 Å². The van der Waals surface area contributed by atoms with Gasteiger partial charge in [0.1, 0.15) is 0 Å². The third-order valence-electron chi connectivity index (χ3n) is 5.46. The molecule has 142 valence electrons. The Morgan fingerprint density at radius 2 is 1.96 bits per heavy atom. The molecule has 2 aromatic heterocycles. The molecule has 2 fully saturated rings. The molecule has 2 aromatic rings. The third kappa shape index (κ3) is 4.04. The van der Waals surface area contributed by atoms with Crippen LogP contribution in [0.4, 0.5) is 0 Å². The molecule has 0 spiro atoms. The molecule has 27 heavy (non-hydrogen) atoms. The minimum Gasteiger partial charge on any atom is -0.459 e. The number of nitrogens with one attached hydrogen (secondary N) is 1. The van der Waals surface area contributed by atoms with E-state index in [1.807, 2.05) is 24.0 Å². The molecule has 0 unspecified atom stereocenters. The topological polar surface area (TPSA) is 75.4 Å². The van der Waals surface area contributed by atoms with Crippen LogP contribution in [0.15, 0.2) is 34.9 Å². The van der Waals surface area contributed by atoms with Crippen molar-refractivity contribution in [3.05, 3.63) is 53.2 Å². The van der Waals surface area contributed by atoms with Crippen LogP contribution in [0.5, 0.6) is 0 Å². The highest BCUT2D eigenvalue weighted by molar-refractivity contribution is 5.95. The number of pyridine rings is 1. The number of aryl methyl sites for hydroxylation is 1. The molecule has 2 aliphatic rings. The summed E-state index contributed by atoms with van der Waals surface area (Å²) >= 11 is 0. The Bertz CT molecular complexity index is 819. The van der Waals surface area contributed by atoms with Crippen molar-refractivity contribution in [2.24, 2.45) is 5.92 Å². The van der Waals surface area contributed by atoms with E-state index in [1.165, 1.54) is 19.1 Å². The Balaban J connectivity index is 1.44. The summed E-state index contributed by atoms with van der Waals surface area (Å²) in [6.07, 6.45) is 5.53. The minimum absolute atomic E-state index is 0.0292. The first-order valence-electron chi connectivity index (χ1n) is 9.70. The standard InChI is InChI=1S/C21H25N3O3/c1-14-4-7-17(20(25)22-13-15-5-6-15)19(23-14)16-8-10-24(11-9-16)21(26)18-3-2-12-27-18/h2-4,7,12,15-16H,5-6,8-11,13H2,1H3,(H,22,25). The number of aromatic nitrogens is 1. The molecule has 0 radical (unpaired) electrons. The molecule has 0 atom stereocenters. The van der Waals surface area contributed by atoms with Crippen molar-refractivity contribution in [3.63, 3.8) is 0 Å². The summed E-state index contributed by atoms with van der Waals surface area (Å²) in [6.45, 7) is 3.99. The molecule has 1 saturated heterocycles. The number of rotatable bonds is 5. The summed E-state index contributed by atoms with van der Waals surface area (Å²) in [4.78, 5) is 31.6. The van der Waals surface area contributed by atoms with E-state index in [-0.39, 0.29) is 17.7 Å². The van der Waals surface area contributed by atoms with Gasteiger partial charge in [-0.05, 0) is 62.8 Å². The van der Waals surface area contributed by atoms with Crippen molar-refractivity contribution >= 4 is 11.8 Å². The zero-order valence-electron chi connectivity index (χ0n) is 15.6. The lowest BCUT2D eigenvalue weighted by molar-refractivity contribution is 0.0678. The summed E-state index contributed by atoms with van der Waals surface area (Å²) < 4.78 is 5.22. The van der Waals surface area contributed by atoms with Gasteiger partial charge in [-0.25, -0.2) is 0 Å². The highest BCUT2D eigenvalue weighted by atomic mass is 16.3. The van der Waals surface area contributed by atoms with Crippen molar-refractivity contribution in [2.75, 3.05) is 19.6 Å². The Morgan fingerprint density at radius 1 is 1.19 bits per heavy atom. The van der Waals surface area contributed by atoms with Gasteiger partial charge in [-0.1, -0.05) is 0 Å². The van der Waals surface area contributed by atoms with Gasteiger partial charge in [0.05, 0.1) is 17.5 Å². The van der Waals surface area contributed by atoms with E-state index in [4.69, 9.17) is 9.40 Å². The average molecular weight is 367 g/mol. The van der Waals surface area contributed by atoms with Crippen molar-refractivity contribution in [1.82, 2.24) is 15.2 Å². The fourth-order valence-corrected chi connectivity index (χ4v) is 3.65. The maximum Gasteiger partial charge on any atom is 0.289 e. The van der Waals surface area contributed by atoms with Crippen molar-refractivity contribution in [2.45, 2.75) is 38.5 Å². The average Bonchev–Trinajstić information content (AvgIpc) is 3.36. The molecule has 0 aromatic carbocycles. The van der Waals surface area contributed by atoms with E-state index in [2.05, 4.69) is 5.32 Å². The second-order valence-corrected chi connectivity index (χ2v) is 7.58. The zero-order chi connectivity index (χ0) is 18.8. The largest absolute Gasteiger partial charge is 0.459 e. The Kier molecular flexibility index (Phi) is 4.97. The number of carbonyl (C=O) groups excluding carboxylic acids is 2. The maximum atomic E-state index is 12.7. The van der Waals surface area contributed by atoms with E-state index in [9.17, 15) is 9.59 Å². The van der Waals surface area contributed by atoms with Gasteiger partial charge in [0.25, 0.3) is 11.8 Å². The molecule has 3 heterocycles. The highest BCUT2D eigenvalue weighted by Crippen LogP contribution is 2.31. The molecule has 6 heteroatoms. The van der Waals surface area contributed by atoms with E-state index >= 15 is 0 Å². The minimum atomic E-state index is -0.0712. The van der Waals surface area contributed by atoms with Crippen LogP contribution in [0.2, 0.25) is 0 Å². The van der Waals surface area contributed by atoms with Crippen molar-refractivity contribution in [3.8, 4) is 0 Å². The zero-order valence-corrected chi connectivity index (χ0v) is 15.6. The smallest absolute Gasteiger partial charge is 0.289 e. The molecular weight excluding hydrogens is 342 g/mol. The second-order valence-electron chi connectivity index (χ2n) is 7.58. The van der Waals surface area contributed by atoms with Gasteiger partial charge in [0.15, 0.2) is 5.76 Å². The maximum absolute atomic E-state index is 12.7. The van der Waals surface area contributed by atoms with E-state index in [1.54, 1.807) is 12.1 Å². The molecule has 1 aliphatic carbocycles. The number of likely N-dealkylation sites (tertiary alicyclic amines) is 1. The molecule has 2 amide bonds. The summed E-state index contributed by atoms with van der Waals surface area (Å²) in [6, 6.07) is 7.20. The van der Waals surface area contributed by atoms with Gasteiger partial charge < -0.3 is 14.6 Å². The van der Waals surface area contributed by atoms with Gasteiger partial charge in [-0.15, -0.1) is 0 Å². The fourth-order valence-electron chi connectivity index (χ4n) is 3.65. The summed E-state index contributed by atoms with van der Waals surface area (Å²) in [5, 5.41) is 3.05. The lowest BCUT2D eigenvalue weighted by atomic mass is 9.89. The lowest BCUT2D eigenvalue weighted by Crippen LogP contribution is -2.38. The molecule has 1 aliphatic heterocycles. The van der Waals surface area contributed by atoms with E-state index in [0.717, 1.165) is 30.8 Å². The van der Waals surface area contributed by atoms with Gasteiger partial charge in [-0.2, -0.15) is 0 Å². The Hall–Kier alpha value is -2.63. The number of hydrogen-bond donors (Lipinski definition) is 1. The Labute approximate surface area is 159 Å². The number of amides is 2. The van der Waals surface area contributed by atoms with Crippen LogP contribution >= 0.6 is 0 Å². The van der Waals surface area contributed by atoms with Gasteiger partial charge >= 0.3 is 0 Å². The van der Waals surface area contributed by atoms with Crippen LogP contribution in [-0.2, 0) is 0 Å². The quantitative estimate of drug-likeness (QED) is 0.881. The number of piperidine rings is 1. The first-order valence-corrected chi connectivity index (χ1v) is 9.70. The normalized spacial score (nSPS) is 17.7. The number of nitrogens with zero attached hydrogens (tertiary/aromatic N) is 2. The van der Waals surface area contributed by atoms with Gasteiger partial charge in [0.2, 0.25) is 0 Å². The molecule has 1 saturated carbocycles. The second kappa shape index (κ2) is 7.55. The fraction of sp³-hybridized carbons (Fsp3) is 0.476. The van der Waals surface area contributed by atoms with Crippen LogP contribution in [0, 0.1) is 12.8 Å². The number of carbonyl (C=O) groups is 2. The van der Waals surface area contributed by atoms with Crippen LogP contribution in [-0.4, -0.2) is 41.3 Å². The highest BCUT2D eigenvalue weighted by Gasteiger charge is 2.29. The van der Waals surface area contributed by atoms with Crippen LogP contribution in [0.1, 0.15) is 63.9 Å². The Morgan fingerprint density at radius 3 is 2.63 bits per heavy atom. The molecule has 1 N–H and O–H groups in total. The van der Waals surface area contributed by atoms with Crippen LogP contribution in [0.25, 0.3) is 0 Å². The summed E-state index contributed by atoms with van der Waals surface area (Å²) in [5.41, 5.74) is 2.46. The molecular formula is C21H25N3O3. The number of furan rings is 1. The van der Waals surface area contributed by atoms with E-state index in [0.29, 0.717) is 30.3 Å². The monoisotopic (exact) mass is 367 g/mol. The van der Waals surface area contributed by atoms with Gasteiger partial charge in [0, 0.05) is 31.2 Å². The first kappa shape index (κ1) is 17.8. The predicted octanol–water partition coefficient (Wildman–Crippen LogP) is 3.14. The van der Waals surface area contributed by atoms with Crippen LogP contribution < -0.4 is 5.32 Å². The predicted molar refractivity (Wildman–Crippen MR) is 101 cm³/mol. The first-order chi connectivity index (χ1) is 13.1. The third-order valence-corrected chi connectivity index (χ3v) is 5.46. The summed E-state index contributed by atoms with van der Waals surface area (Å²) in [7, 11) is 0. The molecule has 0 bridgehead atoms. The lowest BCUT2D eigenvalue weighted by Gasteiger charge is -2.32. The van der Waals surface area contributed by atoms with Crippen molar-refractivity contribution in [1.29, 1.82) is 0 Å². The number of hydrogen-bond acceptors (Lipinski definition) is 4. The molecule has 4 rings (SSSR count). The SMILES string of the molecule is Cc1ccc(C(=O)NCC2CC2)c(C2CCN(C(=O)c3ccco3)CC2)n1.